The quantitative estimate of drug-likeness (QED) is 0.660. The molecule has 2 N–H and O–H groups in total. The van der Waals surface area contributed by atoms with Crippen molar-refractivity contribution in [1.29, 1.82) is 0 Å². The van der Waals surface area contributed by atoms with Gasteiger partial charge in [-0.3, -0.25) is 0 Å². The fourth-order valence-corrected chi connectivity index (χ4v) is 2.96. The smallest absolute Gasteiger partial charge is 0.416 e. The van der Waals surface area contributed by atoms with Crippen LogP contribution in [-0.4, -0.2) is 29.4 Å². The summed E-state index contributed by atoms with van der Waals surface area (Å²) in [5.41, 5.74) is -0.212. The Bertz CT molecular complexity index is 627. The molecule has 1 aliphatic rings. The summed E-state index contributed by atoms with van der Waals surface area (Å²) in [7, 11) is 0. The van der Waals surface area contributed by atoms with Crippen molar-refractivity contribution in [2.75, 3.05) is 0 Å². The maximum Gasteiger partial charge on any atom is 0.416 e. The van der Waals surface area contributed by atoms with Crippen LogP contribution >= 0.6 is 0 Å². The minimum Gasteiger partial charge on any atom is -0.465 e. The molecule has 2 rings (SSSR count). The lowest BCUT2D eigenvalue weighted by atomic mass is 9.78. The SMILES string of the molecule is O=C=N[C@H]1C[C@@H](c2cccc(C(F)(F)F)c2)CC[C@@H]1NC(=O)O. The highest BCUT2D eigenvalue weighted by molar-refractivity contribution is 5.65. The topological polar surface area (TPSA) is 78.8 Å². The molecule has 23 heavy (non-hydrogen) atoms. The van der Waals surface area contributed by atoms with Gasteiger partial charge in [0.2, 0.25) is 6.08 Å². The van der Waals surface area contributed by atoms with Crippen molar-refractivity contribution in [2.24, 2.45) is 4.99 Å². The molecular formula is C15H15F3N2O3. The molecule has 0 saturated heterocycles. The average molecular weight is 328 g/mol. The number of hydrogen-bond donors (Lipinski definition) is 2. The second-order valence-electron chi connectivity index (χ2n) is 5.48. The van der Waals surface area contributed by atoms with E-state index in [1.807, 2.05) is 0 Å². The number of carboxylic acid groups (broad SMARTS) is 1. The summed E-state index contributed by atoms with van der Waals surface area (Å²) < 4.78 is 38.4. The average Bonchev–Trinajstić information content (AvgIpc) is 2.48. The fraction of sp³-hybridized carbons (Fsp3) is 0.467. The lowest BCUT2D eigenvalue weighted by Gasteiger charge is -2.33. The first-order valence-electron chi connectivity index (χ1n) is 7.05. The number of amides is 1. The monoisotopic (exact) mass is 328 g/mol. The van der Waals surface area contributed by atoms with Gasteiger partial charge in [0.15, 0.2) is 0 Å². The number of isocyanates is 1. The van der Waals surface area contributed by atoms with Gasteiger partial charge in [-0.25, -0.2) is 14.6 Å². The van der Waals surface area contributed by atoms with Crippen molar-refractivity contribution in [3.8, 4) is 0 Å². The summed E-state index contributed by atoms with van der Waals surface area (Å²) in [4.78, 5) is 24.9. The zero-order valence-corrected chi connectivity index (χ0v) is 12.0. The van der Waals surface area contributed by atoms with Gasteiger partial charge in [-0.05, 0) is 36.8 Å². The van der Waals surface area contributed by atoms with Crippen LogP contribution in [0.3, 0.4) is 0 Å². The number of carbonyl (C=O) groups excluding carboxylic acids is 1. The number of rotatable bonds is 3. The summed E-state index contributed by atoms with van der Waals surface area (Å²) in [6.45, 7) is 0. The van der Waals surface area contributed by atoms with Gasteiger partial charge in [0.05, 0.1) is 17.6 Å². The number of hydrogen-bond acceptors (Lipinski definition) is 3. The van der Waals surface area contributed by atoms with Crippen LogP contribution in [0.5, 0.6) is 0 Å². The molecule has 1 amide bonds. The Kier molecular flexibility index (Phi) is 5.05. The van der Waals surface area contributed by atoms with Gasteiger partial charge in [0.1, 0.15) is 0 Å². The number of benzene rings is 1. The largest absolute Gasteiger partial charge is 0.465 e. The van der Waals surface area contributed by atoms with E-state index in [0.29, 0.717) is 24.8 Å². The van der Waals surface area contributed by atoms with E-state index in [1.165, 1.54) is 12.1 Å². The van der Waals surface area contributed by atoms with Crippen molar-refractivity contribution in [3.05, 3.63) is 35.4 Å². The van der Waals surface area contributed by atoms with Gasteiger partial charge in [0.25, 0.3) is 0 Å². The lowest BCUT2D eigenvalue weighted by Crippen LogP contribution is -2.45. The summed E-state index contributed by atoms with van der Waals surface area (Å²) in [5, 5.41) is 11.1. The van der Waals surface area contributed by atoms with Crippen LogP contribution in [0, 0.1) is 0 Å². The Balaban J connectivity index is 2.19. The number of halogens is 3. The van der Waals surface area contributed by atoms with Gasteiger partial charge in [-0.2, -0.15) is 13.2 Å². The molecule has 1 saturated carbocycles. The maximum absolute atomic E-state index is 12.8. The van der Waals surface area contributed by atoms with E-state index in [4.69, 9.17) is 5.11 Å². The number of nitrogens with zero attached hydrogens (tertiary/aromatic N) is 1. The molecule has 0 aromatic heterocycles. The van der Waals surface area contributed by atoms with Crippen LogP contribution in [0.4, 0.5) is 18.0 Å². The first-order chi connectivity index (χ1) is 10.8. The highest BCUT2D eigenvalue weighted by Crippen LogP contribution is 2.37. The second-order valence-corrected chi connectivity index (χ2v) is 5.48. The van der Waals surface area contributed by atoms with Gasteiger partial charge in [0, 0.05) is 0 Å². The minimum atomic E-state index is -4.42. The summed E-state index contributed by atoms with van der Waals surface area (Å²) in [5.74, 6) is -0.216. The predicted molar refractivity (Wildman–Crippen MR) is 74.9 cm³/mol. The number of nitrogens with one attached hydrogen (secondary N) is 1. The molecule has 0 unspecified atom stereocenters. The molecule has 1 aromatic rings. The Morgan fingerprint density at radius 1 is 1.35 bits per heavy atom. The Hall–Kier alpha value is -2.34. The van der Waals surface area contributed by atoms with E-state index in [0.717, 1.165) is 12.1 Å². The lowest BCUT2D eigenvalue weighted by molar-refractivity contribution is -0.137. The van der Waals surface area contributed by atoms with Crippen LogP contribution in [-0.2, 0) is 11.0 Å². The van der Waals surface area contributed by atoms with E-state index >= 15 is 0 Å². The normalized spacial score (nSPS) is 24.6. The highest BCUT2D eigenvalue weighted by Gasteiger charge is 2.34. The Morgan fingerprint density at radius 3 is 2.70 bits per heavy atom. The molecular weight excluding hydrogens is 313 g/mol. The Morgan fingerprint density at radius 2 is 2.09 bits per heavy atom. The molecule has 1 aliphatic carbocycles. The highest BCUT2D eigenvalue weighted by atomic mass is 19.4. The Labute approximate surface area is 130 Å². The molecule has 3 atom stereocenters. The molecule has 8 heteroatoms. The van der Waals surface area contributed by atoms with Crippen molar-refractivity contribution in [3.63, 3.8) is 0 Å². The standard InChI is InChI=1S/C15H15F3N2O3/c16-15(17,18)11-3-1-2-9(6-11)10-4-5-12(20-14(22)23)13(7-10)19-8-21/h1-3,6,10,12-13,20H,4-5,7H2,(H,22,23)/t10-,12-,13-/m0/s1. The summed E-state index contributed by atoms with van der Waals surface area (Å²) in [6, 6.07) is 3.89. The molecule has 0 spiro atoms. The van der Waals surface area contributed by atoms with Crippen molar-refractivity contribution in [1.82, 2.24) is 5.32 Å². The van der Waals surface area contributed by atoms with E-state index < -0.39 is 29.9 Å². The van der Waals surface area contributed by atoms with Crippen molar-refractivity contribution >= 4 is 12.2 Å². The van der Waals surface area contributed by atoms with Crippen molar-refractivity contribution in [2.45, 2.75) is 43.4 Å². The summed E-state index contributed by atoms with van der Waals surface area (Å²) >= 11 is 0. The number of alkyl halides is 3. The van der Waals surface area contributed by atoms with Gasteiger partial charge in [-0.15, -0.1) is 0 Å². The first kappa shape index (κ1) is 17.0. The third-order valence-electron chi connectivity index (χ3n) is 4.03. The maximum atomic E-state index is 12.8. The van der Waals surface area contributed by atoms with E-state index in [1.54, 1.807) is 6.07 Å². The number of aliphatic imine (C=N–C) groups is 1. The molecule has 1 fully saturated rings. The molecule has 0 aliphatic heterocycles. The second kappa shape index (κ2) is 6.83. The molecule has 124 valence electrons. The predicted octanol–water partition coefficient (Wildman–Crippen LogP) is 3.31. The number of carbonyl (C=O) groups is 1. The van der Waals surface area contributed by atoms with Crippen LogP contribution < -0.4 is 5.32 Å². The van der Waals surface area contributed by atoms with Crippen molar-refractivity contribution < 1.29 is 27.9 Å². The van der Waals surface area contributed by atoms with Gasteiger partial charge < -0.3 is 10.4 Å². The van der Waals surface area contributed by atoms with E-state index in [2.05, 4.69) is 10.3 Å². The van der Waals surface area contributed by atoms with Gasteiger partial charge in [-0.1, -0.05) is 18.2 Å². The fourth-order valence-electron chi connectivity index (χ4n) is 2.96. The zero-order valence-electron chi connectivity index (χ0n) is 12.0. The van der Waals surface area contributed by atoms with Crippen LogP contribution in [0.25, 0.3) is 0 Å². The molecule has 5 nitrogen and oxygen atoms in total. The van der Waals surface area contributed by atoms with Crippen LogP contribution in [0.2, 0.25) is 0 Å². The van der Waals surface area contributed by atoms with Crippen LogP contribution in [0.1, 0.15) is 36.3 Å². The molecule has 1 aromatic carbocycles. The molecule has 0 heterocycles. The third-order valence-corrected chi connectivity index (χ3v) is 4.03. The zero-order chi connectivity index (χ0) is 17.0. The third kappa shape index (κ3) is 4.32. The first-order valence-corrected chi connectivity index (χ1v) is 7.05. The van der Waals surface area contributed by atoms with E-state index in [9.17, 15) is 22.8 Å². The molecule has 0 radical (unpaired) electrons. The van der Waals surface area contributed by atoms with E-state index in [-0.39, 0.29) is 5.92 Å². The van der Waals surface area contributed by atoms with Gasteiger partial charge >= 0.3 is 12.3 Å². The van der Waals surface area contributed by atoms with Crippen LogP contribution in [0.15, 0.2) is 29.3 Å². The summed E-state index contributed by atoms with van der Waals surface area (Å²) in [6.07, 6.45) is -3.04. The molecule has 0 bridgehead atoms. The minimum absolute atomic E-state index is 0.216.